The Bertz CT molecular complexity index is 251. The number of halogens is 1. The summed E-state index contributed by atoms with van der Waals surface area (Å²) in [6.45, 7) is 6.75. The van der Waals surface area contributed by atoms with Gasteiger partial charge < -0.3 is 0 Å². The maximum atomic E-state index is 6.43. The molecule has 0 aliphatic carbocycles. The number of hydrogen-bond donors (Lipinski definition) is 0. The average molecular weight is 213 g/mol. The van der Waals surface area contributed by atoms with E-state index in [1.165, 1.54) is 5.19 Å². The lowest BCUT2D eigenvalue weighted by molar-refractivity contribution is 0.467. The third kappa shape index (κ3) is 3.97. The highest BCUT2D eigenvalue weighted by Gasteiger charge is 2.19. The third-order valence-electron chi connectivity index (χ3n) is 1.95. The fourth-order valence-electron chi connectivity index (χ4n) is 1.32. The molecule has 0 bridgehead atoms. The van der Waals surface area contributed by atoms with Crippen molar-refractivity contribution >= 4 is 24.4 Å². The number of hydrogen-bond acceptors (Lipinski definition) is 0. The van der Waals surface area contributed by atoms with Gasteiger partial charge in [-0.15, -0.1) is 0 Å². The van der Waals surface area contributed by atoms with Crippen molar-refractivity contribution in [3.8, 4) is 0 Å². The topological polar surface area (TPSA) is 0 Å². The predicted molar refractivity (Wildman–Crippen MR) is 63.3 cm³/mol. The van der Waals surface area contributed by atoms with Gasteiger partial charge in [0.1, 0.15) is 0 Å². The SMILES string of the molecule is CC(C)(C)C[SiH](Cl)c1ccccc1. The van der Waals surface area contributed by atoms with Gasteiger partial charge in [-0.05, 0) is 16.6 Å². The molecule has 1 rings (SSSR count). The van der Waals surface area contributed by atoms with Crippen LogP contribution in [0.15, 0.2) is 30.3 Å². The molecule has 13 heavy (non-hydrogen) atoms. The first-order valence-electron chi connectivity index (χ1n) is 4.68. The van der Waals surface area contributed by atoms with E-state index in [4.69, 9.17) is 11.1 Å². The van der Waals surface area contributed by atoms with E-state index in [0.29, 0.717) is 5.41 Å². The van der Waals surface area contributed by atoms with E-state index in [1.54, 1.807) is 0 Å². The van der Waals surface area contributed by atoms with Crippen molar-refractivity contribution in [1.82, 2.24) is 0 Å². The zero-order valence-corrected chi connectivity index (χ0v) is 10.5. The smallest absolute Gasteiger partial charge is 0.165 e. The van der Waals surface area contributed by atoms with E-state index in [2.05, 4.69) is 45.0 Å². The van der Waals surface area contributed by atoms with Crippen LogP contribution in [0.1, 0.15) is 20.8 Å². The Morgan fingerprint density at radius 3 is 2.15 bits per heavy atom. The van der Waals surface area contributed by atoms with Gasteiger partial charge in [-0.3, -0.25) is 0 Å². The van der Waals surface area contributed by atoms with Crippen LogP contribution in [0.25, 0.3) is 0 Å². The molecule has 1 aromatic rings. The molecular formula is C11H17ClSi. The molecule has 0 fully saturated rings. The number of rotatable bonds is 2. The fraction of sp³-hybridized carbons (Fsp3) is 0.455. The zero-order valence-electron chi connectivity index (χ0n) is 8.55. The monoisotopic (exact) mass is 212 g/mol. The van der Waals surface area contributed by atoms with Crippen molar-refractivity contribution in [2.75, 3.05) is 0 Å². The Labute approximate surface area is 87.2 Å². The second-order valence-electron chi connectivity index (χ2n) is 4.64. The van der Waals surface area contributed by atoms with E-state index in [1.807, 2.05) is 6.07 Å². The summed E-state index contributed by atoms with van der Waals surface area (Å²) in [5.74, 6) is 0. The van der Waals surface area contributed by atoms with Crippen molar-refractivity contribution in [3.05, 3.63) is 30.3 Å². The van der Waals surface area contributed by atoms with E-state index in [9.17, 15) is 0 Å². The van der Waals surface area contributed by atoms with Crippen LogP contribution in [0.5, 0.6) is 0 Å². The lowest BCUT2D eigenvalue weighted by atomic mass is 10.0. The van der Waals surface area contributed by atoms with Gasteiger partial charge in [0.15, 0.2) is 8.11 Å². The van der Waals surface area contributed by atoms with E-state index in [0.717, 1.165) is 6.04 Å². The zero-order chi connectivity index (χ0) is 9.90. The summed E-state index contributed by atoms with van der Waals surface area (Å²) in [6.07, 6.45) is 0. The Morgan fingerprint density at radius 1 is 1.15 bits per heavy atom. The van der Waals surface area contributed by atoms with Crippen LogP contribution >= 0.6 is 11.1 Å². The van der Waals surface area contributed by atoms with Gasteiger partial charge in [0.05, 0.1) is 0 Å². The van der Waals surface area contributed by atoms with Gasteiger partial charge in [0.2, 0.25) is 0 Å². The molecule has 0 aliphatic rings. The molecule has 1 aromatic carbocycles. The van der Waals surface area contributed by atoms with Gasteiger partial charge in [0, 0.05) is 0 Å². The average Bonchev–Trinajstić information content (AvgIpc) is 2.03. The second-order valence-corrected chi connectivity index (χ2v) is 8.23. The van der Waals surface area contributed by atoms with Crippen molar-refractivity contribution < 1.29 is 0 Å². The summed E-state index contributed by atoms with van der Waals surface area (Å²) in [6, 6.07) is 11.6. The molecule has 0 saturated carbocycles. The molecule has 0 heterocycles. The predicted octanol–water partition coefficient (Wildman–Crippen LogP) is 2.90. The minimum atomic E-state index is -1.21. The second kappa shape index (κ2) is 4.29. The van der Waals surface area contributed by atoms with Crippen LogP contribution in [0, 0.1) is 5.41 Å². The van der Waals surface area contributed by atoms with Gasteiger partial charge in [-0.2, -0.15) is 11.1 Å². The first-order chi connectivity index (χ1) is 5.99. The summed E-state index contributed by atoms with van der Waals surface area (Å²) in [5.41, 5.74) is 0.356. The van der Waals surface area contributed by atoms with Gasteiger partial charge in [-0.1, -0.05) is 51.1 Å². The highest BCUT2D eigenvalue weighted by molar-refractivity contribution is 7.14. The van der Waals surface area contributed by atoms with Gasteiger partial charge in [-0.25, -0.2) is 0 Å². The fourth-order valence-corrected chi connectivity index (χ4v) is 5.09. The molecule has 0 saturated heterocycles. The highest BCUT2D eigenvalue weighted by atomic mass is 35.6. The Balaban J connectivity index is 2.64. The minimum Gasteiger partial charge on any atom is -0.165 e. The quantitative estimate of drug-likeness (QED) is 0.523. The maximum Gasteiger partial charge on any atom is 0.171 e. The molecule has 0 spiro atoms. The summed E-state index contributed by atoms with van der Waals surface area (Å²) < 4.78 is 0. The van der Waals surface area contributed by atoms with Crippen LogP contribution < -0.4 is 5.19 Å². The van der Waals surface area contributed by atoms with Crippen LogP contribution in [-0.2, 0) is 0 Å². The molecule has 0 nitrogen and oxygen atoms in total. The Morgan fingerprint density at radius 2 is 1.69 bits per heavy atom. The van der Waals surface area contributed by atoms with Crippen molar-refractivity contribution in [1.29, 1.82) is 0 Å². The molecule has 0 amide bonds. The van der Waals surface area contributed by atoms with Crippen molar-refractivity contribution in [3.63, 3.8) is 0 Å². The Kier molecular flexibility index (Phi) is 3.57. The Hall–Kier alpha value is -0.273. The van der Waals surface area contributed by atoms with Crippen molar-refractivity contribution in [2.24, 2.45) is 5.41 Å². The van der Waals surface area contributed by atoms with Crippen LogP contribution in [0.2, 0.25) is 6.04 Å². The minimum absolute atomic E-state index is 0.356. The normalized spacial score (nSPS) is 14.2. The molecule has 1 unspecified atom stereocenters. The standard InChI is InChI=1S/C11H17ClSi/c1-11(2,3)9-13(12)10-7-5-4-6-8-10/h4-8,13H,9H2,1-3H3. The summed E-state index contributed by atoms with van der Waals surface area (Å²) in [4.78, 5) is 0. The lowest BCUT2D eigenvalue weighted by Crippen LogP contribution is -2.28. The van der Waals surface area contributed by atoms with Gasteiger partial charge >= 0.3 is 0 Å². The first kappa shape index (κ1) is 10.8. The first-order valence-corrected chi connectivity index (χ1v) is 7.82. The largest absolute Gasteiger partial charge is 0.171 e. The summed E-state index contributed by atoms with van der Waals surface area (Å²) >= 11 is 6.43. The van der Waals surface area contributed by atoms with Gasteiger partial charge in [0.25, 0.3) is 0 Å². The number of benzene rings is 1. The molecule has 0 aliphatic heterocycles. The molecule has 1 atom stereocenters. The summed E-state index contributed by atoms with van der Waals surface area (Å²) in [5, 5.41) is 1.36. The van der Waals surface area contributed by atoms with E-state index < -0.39 is 8.11 Å². The molecule has 0 aromatic heterocycles. The van der Waals surface area contributed by atoms with Crippen molar-refractivity contribution in [2.45, 2.75) is 26.8 Å². The molecule has 72 valence electrons. The molecule has 0 radical (unpaired) electrons. The lowest BCUT2D eigenvalue weighted by Gasteiger charge is -2.20. The van der Waals surface area contributed by atoms with Crippen LogP contribution in [-0.4, -0.2) is 8.11 Å². The van der Waals surface area contributed by atoms with E-state index >= 15 is 0 Å². The summed E-state index contributed by atoms with van der Waals surface area (Å²) in [7, 11) is -1.21. The molecular weight excluding hydrogens is 196 g/mol. The van der Waals surface area contributed by atoms with E-state index in [-0.39, 0.29) is 0 Å². The van der Waals surface area contributed by atoms with Crippen LogP contribution in [0.3, 0.4) is 0 Å². The molecule has 2 heteroatoms. The van der Waals surface area contributed by atoms with Crippen LogP contribution in [0.4, 0.5) is 0 Å². The highest BCUT2D eigenvalue weighted by Crippen LogP contribution is 2.22. The third-order valence-corrected chi connectivity index (χ3v) is 5.86. The maximum absolute atomic E-state index is 6.43. The molecule has 0 N–H and O–H groups in total.